The molecule has 0 radical (unpaired) electrons. The van der Waals surface area contributed by atoms with Crippen LogP contribution in [-0.2, 0) is 22.2 Å². The van der Waals surface area contributed by atoms with Crippen LogP contribution in [0.1, 0.15) is 34.6 Å². The Bertz CT molecular complexity index is 684. The molecule has 11 heteroatoms. The van der Waals surface area contributed by atoms with Gasteiger partial charge in [-0.05, 0) is 52.3 Å². The first-order valence-electron chi connectivity index (χ1n) is 7.59. The molecular formula is C17H21BrN2O6S2-2. The van der Waals surface area contributed by atoms with E-state index in [0.717, 1.165) is 0 Å². The Hall–Kier alpha value is -1.92. The fraction of sp³-hybridized carbons (Fsp3) is 0.176. The maximum absolute atomic E-state index is 10.7. The molecule has 0 aliphatic carbocycles. The number of benzene rings is 2. The average Bonchev–Trinajstić information content (AvgIpc) is 2.71. The fourth-order valence-electron chi connectivity index (χ4n) is 1.63. The van der Waals surface area contributed by atoms with E-state index in [2.05, 4.69) is 15.9 Å². The molecule has 0 aliphatic rings. The number of carbonyl (C=O) groups excluding carboxylic acids is 2. The Morgan fingerprint density at radius 3 is 1.18 bits per heavy atom. The van der Waals surface area contributed by atoms with Crippen molar-refractivity contribution >= 4 is 49.9 Å². The van der Waals surface area contributed by atoms with Gasteiger partial charge in [0.25, 0.3) is 0 Å². The molecule has 2 rings (SSSR count). The van der Waals surface area contributed by atoms with E-state index in [1.165, 1.54) is 36.4 Å². The van der Waals surface area contributed by atoms with Gasteiger partial charge in [-0.25, -0.2) is 0 Å². The summed E-state index contributed by atoms with van der Waals surface area (Å²) < 4.78 is 42.1. The van der Waals surface area contributed by atoms with Crippen molar-refractivity contribution < 1.29 is 27.1 Å². The summed E-state index contributed by atoms with van der Waals surface area (Å²) in [5.74, 6) is 0.331. The molecule has 0 bridgehead atoms. The van der Waals surface area contributed by atoms with E-state index in [4.69, 9.17) is 11.5 Å². The third-order valence-electron chi connectivity index (χ3n) is 2.66. The Balaban J connectivity index is 0. The predicted octanol–water partition coefficient (Wildman–Crippen LogP) is 2.08. The summed E-state index contributed by atoms with van der Waals surface area (Å²) in [6.45, 7) is 4.00. The Morgan fingerprint density at radius 1 is 0.750 bits per heavy atom. The third kappa shape index (κ3) is 9.85. The smallest absolute Gasteiger partial charge is 0.249 e. The molecule has 2 atom stereocenters. The second-order valence-electron chi connectivity index (χ2n) is 4.19. The molecule has 28 heavy (non-hydrogen) atoms. The van der Waals surface area contributed by atoms with Crippen LogP contribution in [0.2, 0.25) is 0 Å². The van der Waals surface area contributed by atoms with Crippen LogP contribution in [0.4, 0.5) is 0 Å². The average molecular weight is 493 g/mol. The molecule has 0 saturated carbocycles. The summed E-state index contributed by atoms with van der Waals surface area (Å²) in [4.78, 5) is 21.2. The minimum atomic E-state index is -2.41. The van der Waals surface area contributed by atoms with E-state index >= 15 is 0 Å². The van der Waals surface area contributed by atoms with Crippen molar-refractivity contribution in [2.75, 3.05) is 5.83 Å². The van der Waals surface area contributed by atoms with E-state index in [0.29, 0.717) is 0 Å². The molecule has 0 fully saturated rings. The second-order valence-corrected chi connectivity index (χ2v) is 6.01. The SMILES string of the molecule is CBr.CC.NC(=O)c1ccccc1S(=O)[O-].NC(=O)c1ccccc1S(=O)[O-]. The van der Waals surface area contributed by atoms with Gasteiger partial charge in [-0.15, -0.1) is 0 Å². The maximum Gasteiger partial charge on any atom is 0.249 e. The van der Waals surface area contributed by atoms with Crippen molar-refractivity contribution in [3.8, 4) is 0 Å². The van der Waals surface area contributed by atoms with Gasteiger partial charge in [0.05, 0.1) is 11.1 Å². The largest absolute Gasteiger partial charge is 0.768 e. The van der Waals surface area contributed by atoms with Crippen molar-refractivity contribution in [2.24, 2.45) is 11.5 Å². The summed E-state index contributed by atoms with van der Waals surface area (Å²) >= 11 is -1.89. The molecule has 2 unspecified atom stereocenters. The summed E-state index contributed by atoms with van der Waals surface area (Å²) in [6, 6.07) is 11.5. The molecule has 156 valence electrons. The van der Waals surface area contributed by atoms with Crippen molar-refractivity contribution in [3.63, 3.8) is 0 Å². The molecule has 2 aromatic rings. The summed E-state index contributed by atoms with van der Waals surface area (Å²) in [5, 5.41) is 0. The highest BCUT2D eigenvalue weighted by Gasteiger charge is 2.07. The van der Waals surface area contributed by atoms with Crippen LogP contribution in [0.3, 0.4) is 0 Å². The molecule has 0 aromatic heterocycles. The highest BCUT2D eigenvalue weighted by molar-refractivity contribution is 9.08. The first kappa shape index (κ1) is 28.3. The number of primary amides is 2. The molecule has 0 heterocycles. The van der Waals surface area contributed by atoms with E-state index in [1.54, 1.807) is 12.1 Å². The number of nitrogens with two attached hydrogens (primary N) is 2. The lowest BCUT2D eigenvalue weighted by atomic mass is 10.2. The van der Waals surface area contributed by atoms with Crippen LogP contribution in [-0.4, -0.2) is 35.2 Å². The molecule has 4 N–H and O–H groups in total. The second kappa shape index (κ2) is 16.1. The number of alkyl halides is 1. The van der Waals surface area contributed by atoms with Crippen molar-refractivity contribution in [3.05, 3.63) is 59.7 Å². The lowest BCUT2D eigenvalue weighted by Crippen LogP contribution is -2.13. The number of hydrogen-bond acceptors (Lipinski definition) is 6. The number of hydrogen-bond donors (Lipinski definition) is 2. The molecular weight excluding hydrogens is 472 g/mol. The van der Waals surface area contributed by atoms with Crippen LogP contribution in [0.25, 0.3) is 0 Å². The third-order valence-corrected chi connectivity index (χ3v) is 4.09. The van der Waals surface area contributed by atoms with E-state index in [-0.39, 0.29) is 20.9 Å². The van der Waals surface area contributed by atoms with Gasteiger partial charge in [0.2, 0.25) is 11.8 Å². The molecule has 2 amide bonds. The van der Waals surface area contributed by atoms with Gasteiger partial charge in [0, 0.05) is 9.79 Å². The van der Waals surface area contributed by atoms with Crippen LogP contribution in [0, 0.1) is 0 Å². The summed E-state index contributed by atoms with van der Waals surface area (Å²) in [6.07, 6.45) is 0. The van der Waals surface area contributed by atoms with Gasteiger partial charge in [-0.1, -0.05) is 54.0 Å². The van der Waals surface area contributed by atoms with Gasteiger partial charge in [-0.3, -0.25) is 18.0 Å². The van der Waals surface area contributed by atoms with E-state index in [9.17, 15) is 27.1 Å². The topological polar surface area (TPSA) is 166 Å². The van der Waals surface area contributed by atoms with Gasteiger partial charge in [0.1, 0.15) is 0 Å². The van der Waals surface area contributed by atoms with Crippen LogP contribution >= 0.6 is 15.9 Å². The van der Waals surface area contributed by atoms with Gasteiger partial charge >= 0.3 is 0 Å². The van der Waals surface area contributed by atoms with Gasteiger partial charge in [0.15, 0.2) is 0 Å². The zero-order chi connectivity index (χ0) is 22.3. The number of carbonyl (C=O) groups is 2. The highest BCUT2D eigenvalue weighted by atomic mass is 79.9. The quantitative estimate of drug-likeness (QED) is 0.489. The molecule has 0 saturated heterocycles. The highest BCUT2D eigenvalue weighted by Crippen LogP contribution is 2.11. The van der Waals surface area contributed by atoms with E-state index in [1.807, 2.05) is 19.7 Å². The van der Waals surface area contributed by atoms with Crippen molar-refractivity contribution in [2.45, 2.75) is 23.6 Å². The summed E-state index contributed by atoms with van der Waals surface area (Å²) in [7, 11) is 0. The number of amides is 2. The van der Waals surface area contributed by atoms with Crippen molar-refractivity contribution in [1.82, 2.24) is 0 Å². The fourth-order valence-corrected chi connectivity index (χ4v) is 2.71. The van der Waals surface area contributed by atoms with Crippen LogP contribution in [0.5, 0.6) is 0 Å². The van der Waals surface area contributed by atoms with Crippen molar-refractivity contribution in [1.29, 1.82) is 0 Å². The van der Waals surface area contributed by atoms with E-state index < -0.39 is 34.0 Å². The molecule has 8 nitrogen and oxygen atoms in total. The zero-order valence-corrected chi connectivity index (χ0v) is 18.6. The molecule has 0 aliphatic heterocycles. The Kier molecular flexibility index (Phi) is 16.2. The number of halogens is 1. The first-order valence-corrected chi connectivity index (χ1v) is 11.3. The molecule has 0 spiro atoms. The Labute approximate surface area is 177 Å². The van der Waals surface area contributed by atoms with Crippen LogP contribution < -0.4 is 11.5 Å². The Morgan fingerprint density at radius 2 is 1.00 bits per heavy atom. The summed E-state index contributed by atoms with van der Waals surface area (Å²) in [5.41, 5.74) is 9.92. The van der Waals surface area contributed by atoms with Gasteiger partial charge in [-0.2, -0.15) is 0 Å². The predicted molar refractivity (Wildman–Crippen MR) is 110 cm³/mol. The normalized spacial score (nSPS) is 11.1. The minimum Gasteiger partial charge on any atom is -0.768 e. The lowest BCUT2D eigenvalue weighted by molar-refractivity contribution is 0.0989. The standard InChI is InChI=1S/2C7H7NO3S.C2H6.CH3Br/c2*8-7(9)5-3-1-2-4-6(5)12(10)11;2*1-2/h2*1-4H,(H2,8,9)(H,10,11);1-2H3;1H3/p-2. The molecule has 2 aromatic carbocycles. The monoisotopic (exact) mass is 492 g/mol. The maximum atomic E-state index is 10.7. The van der Waals surface area contributed by atoms with Crippen LogP contribution in [0.15, 0.2) is 58.3 Å². The first-order chi connectivity index (χ1) is 13.3. The van der Waals surface area contributed by atoms with Gasteiger partial charge < -0.3 is 20.6 Å². The lowest BCUT2D eigenvalue weighted by Gasteiger charge is -2.07. The number of rotatable bonds is 4. The minimum absolute atomic E-state index is 0.0193. The zero-order valence-electron chi connectivity index (χ0n) is 15.4.